The molecule has 118 valence electrons. The second-order valence-corrected chi connectivity index (χ2v) is 7.71. The molecule has 1 heterocycles. The first-order valence-electron chi connectivity index (χ1n) is 7.35. The van der Waals surface area contributed by atoms with E-state index < -0.39 is 10.0 Å². The van der Waals surface area contributed by atoms with Gasteiger partial charge in [-0.15, -0.1) is 0 Å². The molecule has 2 rings (SSSR count). The van der Waals surface area contributed by atoms with Gasteiger partial charge in [0.25, 0.3) is 0 Å². The summed E-state index contributed by atoms with van der Waals surface area (Å²) in [7, 11) is 2.59. The summed E-state index contributed by atoms with van der Waals surface area (Å²) < 4.78 is 27.0. The van der Waals surface area contributed by atoms with E-state index in [0.717, 1.165) is 18.4 Å². The third-order valence-corrected chi connectivity index (χ3v) is 5.97. The molecule has 21 heavy (non-hydrogen) atoms. The Balaban J connectivity index is 2.13. The van der Waals surface area contributed by atoms with Crippen LogP contribution in [0.4, 0.5) is 0 Å². The summed E-state index contributed by atoms with van der Waals surface area (Å²) in [6.07, 6.45) is 1.78. The molecule has 1 aromatic carbocycles. The summed E-state index contributed by atoms with van der Waals surface area (Å²) >= 11 is 0. The average molecular weight is 311 g/mol. The van der Waals surface area contributed by atoms with E-state index in [-0.39, 0.29) is 0 Å². The van der Waals surface area contributed by atoms with E-state index in [0.29, 0.717) is 30.6 Å². The van der Waals surface area contributed by atoms with Crippen LogP contribution in [-0.4, -0.2) is 57.9 Å². The summed E-state index contributed by atoms with van der Waals surface area (Å²) in [5, 5.41) is 3.05. The number of rotatable bonds is 5. The van der Waals surface area contributed by atoms with E-state index in [4.69, 9.17) is 0 Å². The molecular weight excluding hydrogens is 286 g/mol. The molecule has 0 saturated carbocycles. The lowest BCUT2D eigenvalue weighted by molar-refractivity contribution is 0.196. The lowest BCUT2D eigenvalue weighted by Gasteiger charge is -2.34. The van der Waals surface area contributed by atoms with Crippen molar-refractivity contribution in [3.8, 4) is 0 Å². The van der Waals surface area contributed by atoms with Gasteiger partial charge in [0, 0.05) is 25.7 Å². The molecule has 1 aliphatic heterocycles. The summed E-state index contributed by atoms with van der Waals surface area (Å²) in [6, 6.07) is 7.68. The van der Waals surface area contributed by atoms with Gasteiger partial charge in [-0.3, -0.25) is 0 Å². The summed E-state index contributed by atoms with van der Waals surface area (Å²) in [4.78, 5) is 2.58. The van der Waals surface area contributed by atoms with Crippen LogP contribution in [0.25, 0.3) is 0 Å². The Morgan fingerprint density at radius 3 is 2.52 bits per heavy atom. The van der Waals surface area contributed by atoms with Gasteiger partial charge >= 0.3 is 0 Å². The molecule has 1 aliphatic rings. The molecule has 0 bridgehead atoms. The van der Waals surface area contributed by atoms with E-state index >= 15 is 0 Å². The first kappa shape index (κ1) is 16.4. The maximum Gasteiger partial charge on any atom is 0.243 e. The Labute approximate surface area is 128 Å². The van der Waals surface area contributed by atoms with Crippen LogP contribution in [0.1, 0.15) is 18.4 Å². The lowest BCUT2D eigenvalue weighted by atomic mass is 10.1. The number of sulfonamides is 1. The Hall–Kier alpha value is -0.950. The molecule has 1 saturated heterocycles. The van der Waals surface area contributed by atoms with E-state index in [1.165, 1.54) is 0 Å². The standard InChI is InChI=1S/C15H25N3O2S/c1-16-12-13-5-4-6-15(11-13)21(19,20)18-9-7-14(8-10-18)17(2)3/h4-6,11,14,16H,7-10,12H2,1-3H3. The number of piperidine rings is 1. The van der Waals surface area contributed by atoms with Crippen LogP contribution >= 0.6 is 0 Å². The molecule has 0 radical (unpaired) electrons. The first-order valence-corrected chi connectivity index (χ1v) is 8.79. The van der Waals surface area contributed by atoms with Gasteiger partial charge in [-0.05, 0) is 51.7 Å². The largest absolute Gasteiger partial charge is 0.316 e. The Morgan fingerprint density at radius 1 is 1.29 bits per heavy atom. The number of benzene rings is 1. The average Bonchev–Trinajstić information content (AvgIpc) is 2.48. The molecular formula is C15H25N3O2S. The fraction of sp³-hybridized carbons (Fsp3) is 0.600. The molecule has 1 N–H and O–H groups in total. The van der Waals surface area contributed by atoms with Crippen molar-refractivity contribution in [1.29, 1.82) is 0 Å². The Bertz CT molecular complexity index is 564. The van der Waals surface area contributed by atoms with Gasteiger partial charge in [0.15, 0.2) is 0 Å². The Kier molecular flexibility index (Phi) is 5.37. The number of nitrogens with zero attached hydrogens (tertiary/aromatic N) is 2. The van der Waals surface area contributed by atoms with Crippen molar-refractivity contribution in [3.05, 3.63) is 29.8 Å². The molecule has 1 aromatic rings. The smallest absolute Gasteiger partial charge is 0.243 e. The quantitative estimate of drug-likeness (QED) is 0.885. The monoisotopic (exact) mass is 311 g/mol. The van der Waals surface area contributed by atoms with Crippen molar-refractivity contribution in [2.45, 2.75) is 30.3 Å². The van der Waals surface area contributed by atoms with Crippen LogP contribution in [-0.2, 0) is 16.6 Å². The minimum absolute atomic E-state index is 0.401. The molecule has 0 aromatic heterocycles. The number of nitrogens with one attached hydrogen (secondary N) is 1. The van der Waals surface area contributed by atoms with Gasteiger partial charge in [0.2, 0.25) is 10.0 Å². The highest BCUT2D eigenvalue weighted by Crippen LogP contribution is 2.22. The molecule has 0 unspecified atom stereocenters. The normalized spacial score (nSPS) is 18.3. The number of hydrogen-bond acceptors (Lipinski definition) is 4. The molecule has 0 spiro atoms. The van der Waals surface area contributed by atoms with Crippen molar-refractivity contribution in [2.24, 2.45) is 0 Å². The van der Waals surface area contributed by atoms with Crippen LogP contribution in [0, 0.1) is 0 Å². The Morgan fingerprint density at radius 2 is 1.95 bits per heavy atom. The van der Waals surface area contributed by atoms with Gasteiger partial charge in [-0.25, -0.2) is 8.42 Å². The van der Waals surface area contributed by atoms with Gasteiger partial charge in [0.1, 0.15) is 0 Å². The molecule has 0 aliphatic carbocycles. The number of hydrogen-bond donors (Lipinski definition) is 1. The van der Waals surface area contributed by atoms with Crippen LogP contribution in [0.15, 0.2) is 29.2 Å². The molecule has 0 atom stereocenters. The van der Waals surface area contributed by atoms with Crippen LogP contribution in [0.2, 0.25) is 0 Å². The van der Waals surface area contributed by atoms with E-state index in [1.807, 2.05) is 19.2 Å². The predicted molar refractivity (Wildman–Crippen MR) is 84.7 cm³/mol. The van der Waals surface area contributed by atoms with Crippen LogP contribution in [0.3, 0.4) is 0 Å². The van der Waals surface area contributed by atoms with E-state index in [9.17, 15) is 8.42 Å². The van der Waals surface area contributed by atoms with Crippen molar-refractivity contribution < 1.29 is 8.42 Å². The fourth-order valence-electron chi connectivity index (χ4n) is 2.77. The second kappa shape index (κ2) is 6.87. The predicted octanol–water partition coefficient (Wildman–Crippen LogP) is 1.12. The maximum atomic E-state index is 12.7. The van der Waals surface area contributed by atoms with E-state index in [2.05, 4.69) is 24.3 Å². The van der Waals surface area contributed by atoms with Crippen molar-refractivity contribution in [3.63, 3.8) is 0 Å². The second-order valence-electron chi connectivity index (χ2n) is 5.78. The summed E-state index contributed by atoms with van der Waals surface area (Å²) in [6.45, 7) is 1.87. The zero-order valence-corrected chi connectivity index (χ0v) is 13.9. The first-order chi connectivity index (χ1) is 9.95. The minimum atomic E-state index is -3.36. The molecule has 1 fully saturated rings. The van der Waals surface area contributed by atoms with Crippen molar-refractivity contribution in [1.82, 2.24) is 14.5 Å². The molecule has 6 heteroatoms. The van der Waals surface area contributed by atoms with Gasteiger partial charge in [-0.2, -0.15) is 4.31 Å². The third kappa shape index (κ3) is 3.83. The van der Waals surface area contributed by atoms with Gasteiger partial charge in [0.05, 0.1) is 4.90 Å². The lowest BCUT2D eigenvalue weighted by Crippen LogP contribution is -2.44. The molecule has 5 nitrogen and oxygen atoms in total. The highest BCUT2D eigenvalue weighted by molar-refractivity contribution is 7.89. The van der Waals surface area contributed by atoms with Crippen LogP contribution < -0.4 is 5.32 Å². The summed E-state index contributed by atoms with van der Waals surface area (Å²) in [5.41, 5.74) is 0.988. The highest BCUT2D eigenvalue weighted by atomic mass is 32.2. The minimum Gasteiger partial charge on any atom is -0.316 e. The van der Waals surface area contributed by atoms with Crippen molar-refractivity contribution >= 4 is 10.0 Å². The topological polar surface area (TPSA) is 52.7 Å². The fourth-order valence-corrected chi connectivity index (χ4v) is 4.31. The zero-order chi connectivity index (χ0) is 15.5. The van der Waals surface area contributed by atoms with E-state index in [1.54, 1.807) is 16.4 Å². The summed E-state index contributed by atoms with van der Waals surface area (Å²) in [5.74, 6) is 0. The zero-order valence-electron chi connectivity index (χ0n) is 13.0. The molecule has 0 amide bonds. The highest BCUT2D eigenvalue weighted by Gasteiger charge is 2.30. The third-order valence-electron chi connectivity index (χ3n) is 4.07. The van der Waals surface area contributed by atoms with Crippen molar-refractivity contribution in [2.75, 3.05) is 34.2 Å². The van der Waals surface area contributed by atoms with Crippen LogP contribution in [0.5, 0.6) is 0 Å². The SMILES string of the molecule is CNCc1cccc(S(=O)(=O)N2CCC(N(C)C)CC2)c1. The van der Waals surface area contributed by atoms with Gasteiger partial charge < -0.3 is 10.2 Å². The van der Waals surface area contributed by atoms with Gasteiger partial charge in [-0.1, -0.05) is 12.1 Å². The maximum absolute atomic E-state index is 12.7.